The van der Waals surface area contributed by atoms with Crippen LogP contribution in [0.15, 0.2) is 0 Å². The molecule has 92 valence electrons. The Morgan fingerprint density at radius 2 is 2.12 bits per heavy atom. The van der Waals surface area contributed by atoms with Crippen molar-refractivity contribution in [2.75, 3.05) is 6.54 Å². The van der Waals surface area contributed by atoms with Gasteiger partial charge in [0.05, 0.1) is 6.04 Å². The van der Waals surface area contributed by atoms with Crippen molar-refractivity contribution in [3.05, 3.63) is 0 Å². The Hall–Kier alpha value is -0.770. The maximum absolute atomic E-state index is 12.1. The Morgan fingerprint density at radius 3 is 2.69 bits per heavy atom. The lowest BCUT2D eigenvalue weighted by Gasteiger charge is -2.35. The second kappa shape index (κ2) is 3.91. The molecule has 0 spiro atoms. The van der Waals surface area contributed by atoms with Gasteiger partial charge in [0.15, 0.2) is 0 Å². The molecule has 2 aliphatic rings. The van der Waals surface area contributed by atoms with Gasteiger partial charge in [0, 0.05) is 12.6 Å². The summed E-state index contributed by atoms with van der Waals surface area (Å²) in [6.45, 7) is 6.25. The van der Waals surface area contributed by atoms with Gasteiger partial charge in [0.1, 0.15) is 5.60 Å². The van der Waals surface area contributed by atoms with Crippen LogP contribution in [0.2, 0.25) is 0 Å². The third-order valence-corrected chi connectivity index (χ3v) is 3.59. The number of ether oxygens (including phenoxy) is 1. The maximum Gasteiger partial charge on any atom is 0.410 e. The quantitative estimate of drug-likeness (QED) is 0.741. The maximum atomic E-state index is 12.1. The van der Waals surface area contributed by atoms with Gasteiger partial charge in [-0.1, -0.05) is 0 Å². The average molecular weight is 226 g/mol. The molecule has 0 aromatic carbocycles. The Morgan fingerprint density at radius 1 is 1.44 bits per heavy atom. The number of nitrogens with zero attached hydrogens (tertiary/aromatic N) is 1. The van der Waals surface area contributed by atoms with Gasteiger partial charge >= 0.3 is 6.09 Å². The van der Waals surface area contributed by atoms with Crippen LogP contribution in [0.1, 0.15) is 40.0 Å². The SMILES string of the molecule is CC(C)(C)OC(=O)N1C2CCC(C2)[C@@H]1CN. The van der Waals surface area contributed by atoms with Crippen LogP contribution >= 0.6 is 0 Å². The van der Waals surface area contributed by atoms with Crippen LogP contribution in [-0.2, 0) is 4.74 Å². The highest BCUT2D eigenvalue weighted by atomic mass is 16.6. The van der Waals surface area contributed by atoms with Crippen molar-refractivity contribution in [1.82, 2.24) is 4.90 Å². The third kappa shape index (κ3) is 2.03. The fourth-order valence-electron chi connectivity index (χ4n) is 3.00. The lowest BCUT2D eigenvalue weighted by atomic mass is 9.99. The molecule has 4 nitrogen and oxygen atoms in total. The van der Waals surface area contributed by atoms with Crippen LogP contribution in [0.5, 0.6) is 0 Å². The van der Waals surface area contributed by atoms with Crippen LogP contribution in [0, 0.1) is 5.92 Å². The van der Waals surface area contributed by atoms with Gasteiger partial charge in [-0.2, -0.15) is 0 Å². The predicted octanol–water partition coefficient (Wildman–Crippen LogP) is 1.73. The summed E-state index contributed by atoms with van der Waals surface area (Å²) < 4.78 is 5.44. The molecule has 1 saturated carbocycles. The molecule has 3 atom stereocenters. The summed E-state index contributed by atoms with van der Waals surface area (Å²) in [4.78, 5) is 14.0. The van der Waals surface area contributed by atoms with E-state index in [1.807, 2.05) is 25.7 Å². The van der Waals surface area contributed by atoms with Gasteiger partial charge in [-0.05, 0) is 46.0 Å². The van der Waals surface area contributed by atoms with E-state index in [9.17, 15) is 4.79 Å². The van der Waals surface area contributed by atoms with Crippen LogP contribution in [0.4, 0.5) is 4.79 Å². The van der Waals surface area contributed by atoms with Gasteiger partial charge in [-0.15, -0.1) is 0 Å². The van der Waals surface area contributed by atoms with Crippen molar-refractivity contribution in [3.8, 4) is 0 Å². The fraction of sp³-hybridized carbons (Fsp3) is 0.917. The van der Waals surface area contributed by atoms with E-state index in [0.717, 1.165) is 12.8 Å². The number of carbonyl (C=O) groups excluding carboxylic acids is 1. The minimum Gasteiger partial charge on any atom is -0.444 e. The first-order valence-electron chi connectivity index (χ1n) is 6.14. The van der Waals surface area contributed by atoms with Gasteiger partial charge in [-0.25, -0.2) is 4.79 Å². The van der Waals surface area contributed by atoms with E-state index in [0.29, 0.717) is 18.5 Å². The summed E-state index contributed by atoms with van der Waals surface area (Å²) >= 11 is 0. The van der Waals surface area contributed by atoms with Crippen molar-refractivity contribution in [2.24, 2.45) is 11.7 Å². The molecule has 2 N–H and O–H groups in total. The zero-order valence-corrected chi connectivity index (χ0v) is 10.4. The van der Waals surface area contributed by atoms with E-state index >= 15 is 0 Å². The van der Waals surface area contributed by atoms with Crippen LogP contribution < -0.4 is 5.73 Å². The van der Waals surface area contributed by atoms with Crippen LogP contribution in [0.3, 0.4) is 0 Å². The van der Waals surface area contributed by atoms with Gasteiger partial charge in [-0.3, -0.25) is 0 Å². The molecule has 2 fully saturated rings. The van der Waals surface area contributed by atoms with E-state index in [2.05, 4.69) is 0 Å². The molecular weight excluding hydrogens is 204 g/mol. The number of amides is 1. The number of carbonyl (C=O) groups is 1. The highest BCUT2D eigenvalue weighted by molar-refractivity contribution is 5.69. The molecule has 1 aliphatic heterocycles. The van der Waals surface area contributed by atoms with E-state index in [1.54, 1.807) is 0 Å². The first kappa shape index (κ1) is 11.7. The molecule has 0 aromatic heterocycles. The van der Waals surface area contributed by atoms with Crippen molar-refractivity contribution < 1.29 is 9.53 Å². The lowest BCUT2D eigenvalue weighted by Crippen LogP contribution is -2.50. The van der Waals surface area contributed by atoms with Crippen molar-refractivity contribution in [3.63, 3.8) is 0 Å². The first-order chi connectivity index (χ1) is 7.42. The fourth-order valence-corrected chi connectivity index (χ4v) is 3.00. The number of hydrogen-bond donors (Lipinski definition) is 1. The summed E-state index contributed by atoms with van der Waals surface area (Å²) in [5, 5.41) is 0. The Bertz CT molecular complexity index is 285. The van der Waals surface area contributed by atoms with Crippen molar-refractivity contribution in [2.45, 2.75) is 57.7 Å². The number of nitrogens with two attached hydrogens (primary N) is 1. The highest BCUT2D eigenvalue weighted by Gasteiger charge is 2.48. The first-order valence-corrected chi connectivity index (χ1v) is 6.14. The number of fused-ring (bicyclic) bond motifs is 2. The lowest BCUT2D eigenvalue weighted by molar-refractivity contribution is 0.00857. The molecular formula is C12H22N2O2. The van der Waals surface area contributed by atoms with E-state index in [-0.39, 0.29) is 12.1 Å². The summed E-state index contributed by atoms with van der Waals surface area (Å²) in [6, 6.07) is 0.571. The molecule has 0 aromatic rings. The average Bonchev–Trinajstić information content (AvgIpc) is 2.72. The summed E-state index contributed by atoms with van der Waals surface area (Å²) in [6.07, 6.45) is 3.25. The minimum absolute atomic E-state index is 0.185. The molecule has 2 rings (SSSR count). The van der Waals surface area contributed by atoms with E-state index in [4.69, 9.17) is 10.5 Å². The van der Waals surface area contributed by atoms with Crippen molar-refractivity contribution in [1.29, 1.82) is 0 Å². The second-order valence-electron chi connectivity index (χ2n) is 5.92. The molecule has 1 amide bonds. The topological polar surface area (TPSA) is 55.6 Å². The monoisotopic (exact) mass is 226 g/mol. The number of piperidine rings is 1. The summed E-state index contributed by atoms with van der Waals surface area (Å²) in [5.74, 6) is 0.600. The zero-order valence-electron chi connectivity index (χ0n) is 10.4. The van der Waals surface area contributed by atoms with E-state index < -0.39 is 5.60 Å². The molecule has 2 unspecified atom stereocenters. The van der Waals surface area contributed by atoms with Crippen LogP contribution in [-0.4, -0.2) is 35.2 Å². The molecule has 2 bridgehead atoms. The Kier molecular flexibility index (Phi) is 2.86. The standard InChI is InChI=1S/C12H22N2O2/c1-12(2,3)16-11(15)14-9-5-4-8(6-9)10(14)7-13/h8-10H,4-7,13H2,1-3H3/t8?,9?,10-/m0/s1. The van der Waals surface area contributed by atoms with E-state index in [1.165, 1.54) is 6.42 Å². The predicted molar refractivity (Wildman–Crippen MR) is 62.0 cm³/mol. The number of rotatable bonds is 1. The molecule has 1 saturated heterocycles. The molecule has 1 aliphatic carbocycles. The third-order valence-electron chi connectivity index (χ3n) is 3.59. The summed E-state index contributed by atoms with van der Waals surface area (Å²) in [7, 11) is 0. The number of likely N-dealkylation sites (tertiary alicyclic amines) is 1. The van der Waals surface area contributed by atoms with Crippen LogP contribution in [0.25, 0.3) is 0 Å². The zero-order chi connectivity index (χ0) is 11.9. The van der Waals surface area contributed by atoms with Gasteiger partial charge < -0.3 is 15.4 Å². The largest absolute Gasteiger partial charge is 0.444 e. The smallest absolute Gasteiger partial charge is 0.410 e. The summed E-state index contributed by atoms with van der Waals surface area (Å²) in [5.41, 5.74) is 5.34. The van der Waals surface area contributed by atoms with Crippen molar-refractivity contribution >= 4 is 6.09 Å². The molecule has 0 radical (unpaired) electrons. The number of hydrogen-bond acceptors (Lipinski definition) is 3. The Labute approximate surface area is 97.1 Å². The highest BCUT2D eigenvalue weighted by Crippen LogP contribution is 2.42. The normalized spacial score (nSPS) is 33.2. The molecule has 4 heteroatoms. The molecule has 1 heterocycles. The molecule has 16 heavy (non-hydrogen) atoms. The van der Waals surface area contributed by atoms with Gasteiger partial charge in [0.25, 0.3) is 0 Å². The Balaban J connectivity index is 2.06. The second-order valence-corrected chi connectivity index (χ2v) is 5.92. The van der Waals surface area contributed by atoms with Gasteiger partial charge in [0.2, 0.25) is 0 Å². The minimum atomic E-state index is -0.419.